The number of aryl methyl sites for hydroxylation is 2. The molecule has 0 spiro atoms. The average molecular weight is 343 g/mol. The molecule has 2 N–H and O–H groups in total. The quantitative estimate of drug-likeness (QED) is 0.753. The molecule has 0 aliphatic heterocycles. The molecule has 2 aromatic rings. The number of hydrogen-bond acceptors (Lipinski definition) is 4. The second-order valence-electron chi connectivity index (χ2n) is 6.26. The summed E-state index contributed by atoms with van der Waals surface area (Å²) in [5.74, 6) is 1.86. The van der Waals surface area contributed by atoms with Gasteiger partial charge in [-0.1, -0.05) is 13.8 Å². The topological polar surface area (TPSA) is 67.8 Å². The number of anilines is 1. The highest BCUT2D eigenvalue weighted by Gasteiger charge is 2.12. The van der Waals surface area contributed by atoms with E-state index in [1.807, 2.05) is 45.9 Å². The number of amides is 1. The molecule has 0 aliphatic carbocycles. The molecule has 0 fully saturated rings. The number of benzene rings is 2. The average Bonchev–Trinajstić information content (AvgIpc) is 2.52. The number of phenolic OH excluding ortho intramolecular Hbond substituents is 1. The minimum Gasteiger partial charge on any atom is -0.508 e. The van der Waals surface area contributed by atoms with Crippen molar-refractivity contribution < 1.29 is 19.4 Å². The van der Waals surface area contributed by atoms with Crippen LogP contribution in [0.3, 0.4) is 0 Å². The van der Waals surface area contributed by atoms with Crippen molar-refractivity contribution in [2.75, 3.05) is 11.9 Å². The summed E-state index contributed by atoms with van der Waals surface area (Å²) >= 11 is 0. The summed E-state index contributed by atoms with van der Waals surface area (Å²) in [6.07, 6.45) is -0.477. The molecule has 0 saturated carbocycles. The maximum atomic E-state index is 11.6. The molecule has 0 radical (unpaired) electrons. The fourth-order valence-electron chi connectivity index (χ4n) is 2.64. The van der Waals surface area contributed by atoms with Gasteiger partial charge in [-0.05, 0) is 68.1 Å². The molecule has 0 heterocycles. The van der Waals surface area contributed by atoms with Crippen LogP contribution in [0.4, 0.5) is 10.5 Å². The van der Waals surface area contributed by atoms with Crippen molar-refractivity contribution in [1.82, 2.24) is 0 Å². The van der Waals surface area contributed by atoms with E-state index >= 15 is 0 Å². The van der Waals surface area contributed by atoms with Crippen molar-refractivity contribution in [2.24, 2.45) is 0 Å². The lowest BCUT2D eigenvalue weighted by molar-refractivity contribution is 0.168. The van der Waals surface area contributed by atoms with Crippen LogP contribution in [0.25, 0.3) is 0 Å². The number of carbonyl (C=O) groups excluding carboxylic acids is 1. The van der Waals surface area contributed by atoms with Crippen LogP contribution in [0.1, 0.15) is 43.4 Å². The van der Waals surface area contributed by atoms with Crippen LogP contribution in [0.2, 0.25) is 0 Å². The Morgan fingerprint density at radius 2 is 1.80 bits per heavy atom. The fourth-order valence-corrected chi connectivity index (χ4v) is 2.64. The third kappa shape index (κ3) is 4.66. The van der Waals surface area contributed by atoms with Gasteiger partial charge in [0.25, 0.3) is 0 Å². The first-order chi connectivity index (χ1) is 11.8. The highest BCUT2D eigenvalue weighted by atomic mass is 16.5. The first-order valence-electron chi connectivity index (χ1n) is 8.37. The van der Waals surface area contributed by atoms with Gasteiger partial charge in [0.15, 0.2) is 0 Å². The van der Waals surface area contributed by atoms with Crippen LogP contribution in [0.5, 0.6) is 17.2 Å². The Morgan fingerprint density at radius 1 is 1.16 bits per heavy atom. The van der Waals surface area contributed by atoms with Gasteiger partial charge >= 0.3 is 6.09 Å². The van der Waals surface area contributed by atoms with E-state index in [4.69, 9.17) is 9.47 Å². The normalized spacial score (nSPS) is 10.6. The van der Waals surface area contributed by atoms with E-state index in [1.165, 1.54) is 0 Å². The molecule has 5 nitrogen and oxygen atoms in total. The number of phenols is 1. The molecule has 2 rings (SSSR count). The molecule has 1 amide bonds. The van der Waals surface area contributed by atoms with Crippen molar-refractivity contribution in [3.8, 4) is 17.2 Å². The summed E-state index contributed by atoms with van der Waals surface area (Å²) in [7, 11) is 0. The zero-order chi connectivity index (χ0) is 18.6. The second kappa shape index (κ2) is 7.92. The zero-order valence-corrected chi connectivity index (χ0v) is 15.3. The van der Waals surface area contributed by atoms with Gasteiger partial charge in [0.2, 0.25) is 0 Å². The van der Waals surface area contributed by atoms with Crippen molar-refractivity contribution in [2.45, 2.75) is 40.5 Å². The fraction of sp³-hybridized carbons (Fsp3) is 0.350. The van der Waals surface area contributed by atoms with E-state index in [2.05, 4.69) is 5.32 Å². The van der Waals surface area contributed by atoms with Gasteiger partial charge in [-0.2, -0.15) is 0 Å². The minimum atomic E-state index is -0.477. The van der Waals surface area contributed by atoms with E-state index in [9.17, 15) is 9.90 Å². The molecule has 0 atom stereocenters. The van der Waals surface area contributed by atoms with Gasteiger partial charge in [0.1, 0.15) is 17.2 Å². The van der Waals surface area contributed by atoms with Gasteiger partial charge in [-0.3, -0.25) is 5.32 Å². The summed E-state index contributed by atoms with van der Waals surface area (Å²) in [6.45, 7) is 9.96. The van der Waals surface area contributed by atoms with Crippen LogP contribution >= 0.6 is 0 Å². The lowest BCUT2D eigenvalue weighted by Crippen LogP contribution is -2.13. The number of rotatable bonds is 5. The molecule has 5 heteroatoms. The lowest BCUT2D eigenvalue weighted by atomic mass is 10.0. The summed E-state index contributed by atoms with van der Waals surface area (Å²) in [5, 5.41) is 12.6. The van der Waals surface area contributed by atoms with Crippen LogP contribution in [0, 0.1) is 13.8 Å². The summed E-state index contributed by atoms with van der Waals surface area (Å²) in [5.41, 5.74) is 3.29. The first kappa shape index (κ1) is 18.6. The predicted molar refractivity (Wildman–Crippen MR) is 98.8 cm³/mol. The van der Waals surface area contributed by atoms with Crippen LogP contribution in [-0.4, -0.2) is 17.8 Å². The number of aromatic hydroxyl groups is 1. The number of ether oxygens (including phenoxy) is 2. The summed E-state index contributed by atoms with van der Waals surface area (Å²) < 4.78 is 10.9. The first-order valence-corrected chi connectivity index (χ1v) is 8.37. The highest BCUT2D eigenvalue weighted by Crippen LogP contribution is 2.35. The van der Waals surface area contributed by atoms with Crippen molar-refractivity contribution in [3.63, 3.8) is 0 Å². The summed E-state index contributed by atoms with van der Waals surface area (Å²) in [4.78, 5) is 11.6. The Kier molecular flexibility index (Phi) is 5.91. The molecule has 0 saturated heterocycles. The standard InChI is InChI=1S/C20H25NO4/c1-6-24-20(23)21-15-9-13(4)19(14(5)10-15)25-16-7-8-18(22)17(11-16)12(2)3/h7-12,22H,6H2,1-5H3,(H,21,23). The van der Waals surface area contributed by atoms with Crippen molar-refractivity contribution in [3.05, 3.63) is 47.0 Å². The largest absolute Gasteiger partial charge is 0.508 e. The maximum Gasteiger partial charge on any atom is 0.411 e. The third-order valence-electron chi connectivity index (χ3n) is 3.82. The molecule has 0 aliphatic rings. The maximum absolute atomic E-state index is 11.6. The SMILES string of the molecule is CCOC(=O)Nc1cc(C)c(Oc2ccc(O)c(C(C)C)c2)c(C)c1. The number of carbonyl (C=O) groups is 1. The van der Waals surface area contributed by atoms with Crippen molar-refractivity contribution >= 4 is 11.8 Å². The van der Waals surface area contributed by atoms with Gasteiger partial charge in [0, 0.05) is 11.3 Å². The van der Waals surface area contributed by atoms with Gasteiger partial charge in [0.05, 0.1) is 6.61 Å². The van der Waals surface area contributed by atoms with E-state index in [1.54, 1.807) is 19.1 Å². The Bertz CT molecular complexity index is 745. The minimum absolute atomic E-state index is 0.196. The predicted octanol–water partition coefficient (Wildman–Crippen LogP) is 5.49. The highest BCUT2D eigenvalue weighted by molar-refractivity contribution is 5.85. The van der Waals surface area contributed by atoms with E-state index < -0.39 is 6.09 Å². The van der Waals surface area contributed by atoms with E-state index in [0.717, 1.165) is 22.4 Å². The monoisotopic (exact) mass is 343 g/mol. The Hall–Kier alpha value is -2.69. The van der Waals surface area contributed by atoms with Gasteiger partial charge < -0.3 is 14.6 Å². The van der Waals surface area contributed by atoms with Crippen LogP contribution in [-0.2, 0) is 4.74 Å². The number of hydrogen-bond donors (Lipinski definition) is 2. The second-order valence-corrected chi connectivity index (χ2v) is 6.26. The number of nitrogens with one attached hydrogen (secondary N) is 1. The molecule has 0 unspecified atom stereocenters. The molecular formula is C20H25NO4. The Morgan fingerprint density at radius 3 is 2.36 bits per heavy atom. The lowest BCUT2D eigenvalue weighted by Gasteiger charge is -2.16. The zero-order valence-electron chi connectivity index (χ0n) is 15.3. The molecule has 0 bridgehead atoms. The van der Waals surface area contributed by atoms with E-state index in [-0.39, 0.29) is 11.7 Å². The Balaban J connectivity index is 2.26. The smallest absolute Gasteiger partial charge is 0.411 e. The third-order valence-corrected chi connectivity index (χ3v) is 3.82. The van der Waals surface area contributed by atoms with Gasteiger partial charge in [-0.15, -0.1) is 0 Å². The van der Waals surface area contributed by atoms with E-state index in [0.29, 0.717) is 18.0 Å². The summed E-state index contributed by atoms with van der Waals surface area (Å²) in [6, 6.07) is 8.91. The molecule has 134 valence electrons. The van der Waals surface area contributed by atoms with Crippen LogP contribution < -0.4 is 10.1 Å². The molecule has 0 aromatic heterocycles. The Labute approximate surface area is 148 Å². The van der Waals surface area contributed by atoms with Crippen LogP contribution in [0.15, 0.2) is 30.3 Å². The molecular weight excluding hydrogens is 318 g/mol. The van der Waals surface area contributed by atoms with Crippen molar-refractivity contribution in [1.29, 1.82) is 0 Å². The molecule has 25 heavy (non-hydrogen) atoms. The molecule has 2 aromatic carbocycles. The van der Waals surface area contributed by atoms with Gasteiger partial charge in [-0.25, -0.2) is 4.79 Å².